The molecule has 0 fully saturated rings. The summed E-state index contributed by atoms with van der Waals surface area (Å²) < 4.78 is 11.6. The molecule has 0 atom stereocenters. The number of benzene rings is 5. The van der Waals surface area contributed by atoms with E-state index in [1.165, 1.54) is 69.3 Å². The molecule has 160 valence electrons. The molecule has 0 saturated heterocycles. The molecule has 5 aromatic carbocycles. The fourth-order valence-electron chi connectivity index (χ4n) is 5.92. The van der Waals surface area contributed by atoms with Gasteiger partial charge in [-0.15, -0.1) is 11.3 Å². The van der Waals surface area contributed by atoms with E-state index in [4.69, 9.17) is 4.74 Å². The molecule has 7 aromatic rings. The summed E-state index contributed by atoms with van der Waals surface area (Å²) in [6.07, 6.45) is 2.20. The number of fused-ring (bicyclic) bond motifs is 9. The van der Waals surface area contributed by atoms with Crippen LogP contribution in [0.15, 0.2) is 85.1 Å². The Morgan fingerprint density at radius 1 is 0.706 bits per heavy atom. The van der Waals surface area contributed by atoms with Crippen molar-refractivity contribution >= 4 is 63.8 Å². The molecule has 0 amide bonds. The summed E-state index contributed by atoms with van der Waals surface area (Å²) in [4.78, 5) is 0. The quantitative estimate of drug-likeness (QED) is 0.166. The van der Waals surface area contributed by atoms with Crippen LogP contribution in [0.25, 0.3) is 63.7 Å². The van der Waals surface area contributed by atoms with Crippen molar-refractivity contribution in [2.24, 2.45) is 7.05 Å². The minimum absolute atomic E-state index is 0.940. The maximum Gasteiger partial charge on any atom is 0.228 e. The molecular formula is C31H20NOS+. The van der Waals surface area contributed by atoms with Gasteiger partial charge < -0.3 is 4.74 Å². The fraction of sp³-hybridized carbons (Fsp3) is 0.0645. The van der Waals surface area contributed by atoms with E-state index in [0.29, 0.717) is 0 Å². The summed E-state index contributed by atoms with van der Waals surface area (Å²) in [6.45, 7) is 2.25. The summed E-state index contributed by atoms with van der Waals surface area (Å²) >= 11 is 1.87. The fourth-order valence-corrected chi connectivity index (χ4v) is 7.14. The molecule has 34 heavy (non-hydrogen) atoms. The van der Waals surface area contributed by atoms with E-state index in [1.54, 1.807) is 0 Å². The Bertz CT molecular complexity index is 2010. The number of rotatable bonds is 0. The summed E-state index contributed by atoms with van der Waals surface area (Å²) in [6, 6.07) is 28.5. The highest BCUT2D eigenvalue weighted by Crippen LogP contribution is 2.52. The van der Waals surface area contributed by atoms with Gasteiger partial charge in [0.15, 0.2) is 6.20 Å². The van der Waals surface area contributed by atoms with Gasteiger partial charge in [-0.2, -0.15) is 0 Å². The van der Waals surface area contributed by atoms with E-state index >= 15 is 0 Å². The predicted molar refractivity (Wildman–Crippen MR) is 143 cm³/mol. The van der Waals surface area contributed by atoms with Gasteiger partial charge in [-0.3, -0.25) is 0 Å². The first kappa shape index (κ1) is 18.5. The van der Waals surface area contributed by atoms with Crippen molar-refractivity contribution in [2.45, 2.75) is 6.92 Å². The summed E-state index contributed by atoms with van der Waals surface area (Å²) in [7, 11) is 2.15. The van der Waals surface area contributed by atoms with Crippen LogP contribution in [-0.4, -0.2) is 0 Å². The first-order valence-corrected chi connectivity index (χ1v) is 12.4. The zero-order valence-corrected chi connectivity index (χ0v) is 19.7. The Morgan fingerprint density at radius 2 is 1.50 bits per heavy atom. The molecule has 0 unspecified atom stereocenters. The molecule has 3 heterocycles. The molecular weight excluding hydrogens is 434 g/mol. The van der Waals surface area contributed by atoms with Gasteiger partial charge >= 0.3 is 0 Å². The number of pyridine rings is 1. The Balaban J connectivity index is 1.57. The molecule has 0 bridgehead atoms. The Morgan fingerprint density at radius 3 is 2.41 bits per heavy atom. The summed E-state index contributed by atoms with van der Waals surface area (Å²) in [5.74, 6) is 1.89. The van der Waals surface area contributed by atoms with Crippen molar-refractivity contribution in [3.63, 3.8) is 0 Å². The van der Waals surface area contributed by atoms with Crippen LogP contribution in [0.5, 0.6) is 11.5 Å². The number of thiophene rings is 1. The van der Waals surface area contributed by atoms with Crippen molar-refractivity contribution in [3.8, 4) is 22.8 Å². The smallest absolute Gasteiger partial charge is 0.228 e. The number of hydrogen-bond acceptors (Lipinski definition) is 2. The Hall–Kier alpha value is -3.95. The SMILES string of the molecule is Cc1c2c(cc3ccc4ccccc4c13)Oc1cc3c4ccccc4sc3c3cc[n+](C)c-2c13. The largest absolute Gasteiger partial charge is 0.456 e. The van der Waals surface area contributed by atoms with Gasteiger partial charge in [0.1, 0.15) is 18.5 Å². The summed E-state index contributed by atoms with van der Waals surface area (Å²) in [5.41, 5.74) is 3.71. The number of nitrogens with zero attached hydrogens (tertiary/aromatic N) is 1. The number of hydrogen-bond donors (Lipinski definition) is 0. The number of aromatic nitrogens is 1. The molecule has 8 rings (SSSR count). The molecule has 3 heteroatoms. The van der Waals surface area contributed by atoms with E-state index in [2.05, 4.69) is 104 Å². The Labute approximate surface area is 200 Å². The van der Waals surface area contributed by atoms with Crippen LogP contribution in [0.3, 0.4) is 0 Å². The summed E-state index contributed by atoms with van der Waals surface area (Å²) in [5, 5.41) is 10.1. The average Bonchev–Trinajstić information content (AvgIpc) is 3.23. The topological polar surface area (TPSA) is 13.1 Å². The zero-order chi connectivity index (χ0) is 22.6. The normalized spacial score (nSPS) is 12.6. The highest BCUT2D eigenvalue weighted by molar-refractivity contribution is 7.26. The van der Waals surface area contributed by atoms with Crippen molar-refractivity contribution in [1.29, 1.82) is 0 Å². The van der Waals surface area contributed by atoms with Gasteiger partial charge in [-0.25, -0.2) is 4.57 Å². The highest BCUT2D eigenvalue weighted by atomic mass is 32.1. The van der Waals surface area contributed by atoms with Crippen molar-refractivity contribution < 1.29 is 9.30 Å². The van der Waals surface area contributed by atoms with E-state index in [9.17, 15) is 0 Å². The second-order valence-corrected chi connectivity index (χ2v) is 10.3. The maximum absolute atomic E-state index is 6.72. The zero-order valence-electron chi connectivity index (χ0n) is 18.8. The van der Waals surface area contributed by atoms with E-state index in [1.807, 2.05) is 11.3 Å². The van der Waals surface area contributed by atoms with Gasteiger partial charge in [-0.05, 0) is 52.2 Å². The second-order valence-electron chi connectivity index (χ2n) is 9.28. The van der Waals surface area contributed by atoms with Crippen molar-refractivity contribution in [1.82, 2.24) is 0 Å². The predicted octanol–water partition coefficient (Wildman–Crippen LogP) is 8.42. The van der Waals surface area contributed by atoms with Gasteiger partial charge in [0.2, 0.25) is 5.69 Å². The van der Waals surface area contributed by atoms with Crippen LogP contribution in [-0.2, 0) is 7.05 Å². The molecule has 0 saturated carbocycles. The maximum atomic E-state index is 6.72. The van der Waals surface area contributed by atoms with E-state index in [-0.39, 0.29) is 0 Å². The molecule has 0 radical (unpaired) electrons. The highest BCUT2D eigenvalue weighted by Gasteiger charge is 2.31. The molecule has 2 nitrogen and oxygen atoms in total. The van der Waals surface area contributed by atoms with E-state index < -0.39 is 0 Å². The van der Waals surface area contributed by atoms with Gasteiger partial charge in [-0.1, -0.05) is 54.6 Å². The van der Waals surface area contributed by atoms with Crippen LogP contribution in [0.1, 0.15) is 5.56 Å². The monoisotopic (exact) mass is 454 g/mol. The van der Waals surface area contributed by atoms with Crippen molar-refractivity contribution in [2.75, 3.05) is 0 Å². The van der Waals surface area contributed by atoms with Crippen LogP contribution in [0, 0.1) is 6.92 Å². The lowest BCUT2D eigenvalue weighted by Crippen LogP contribution is -2.31. The first-order chi connectivity index (χ1) is 16.7. The van der Waals surface area contributed by atoms with Gasteiger partial charge in [0.25, 0.3) is 0 Å². The van der Waals surface area contributed by atoms with Crippen LogP contribution in [0.2, 0.25) is 0 Å². The molecule has 1 aliphatic rings. The third-order valence-corrected chi connectivity index (χ3v) is 8.64. The third kappa shape index (κ3) is 2.22. The van der Waals surface area contributed by atoms with Crippen LogP contribution in [0.4, 0.5) is 0 Å². The lowest BCUT2D eigenvalue weighted by Gasteiger charge is -2.22. The lowest BCUT2D eigenvalue weighted by atomic mass is 9.89. The van der Waals surface area contributed by atoms with Gasteiger partial charge in [0.05, 0.1) is 10.9 Å². The van der Waals surface area contributed by atoms with Crippen molar-refractivity contribution in [3.05, 3.63) is 90.6 Å². The minimum Gasteiger partial charge on any atom is -0.456 e. The minimum atomic E-state index is 0.940. The first-order valence-electron chi connectivity index (χ1n) is 11.6. The number of ether oxygens (including phenoxy) is 1. The molecule has 0 spiro atoms. The van der Waals surface area contributed by atoms with Crippen LogP contribution >= 0.6 is 11.3 Å². The standard InChI is InChI=1S/C31H20NOS/c1-17-27-19(12-11-18-7-3-4-8-20(18)27)15-24-28(17)30-29-22(13-14-32(30)2)31-23(16-25(29)33-24)21-9-5-6-10-26(21)34-31/h3-16H,1-2H3/q+1. The third-order valence-electron chi connectivity index (χ3n) is 7.42. The molecule has 2 aromatic heterocycles. The lowest BCUT2D eigenvalue weighted by molar-refractivity contribution is -0.659. The molecule has 1 aliphatic heterocycles. The van der Waals surface area contributed by atoms with Crippen LogP contribution < -0.4 is 9.30 Å². The Kier molecular flexibility index (Phi) is 3.44. The average molecular weight is 455 g/mol. The van der Waals surface area contributed by atoms with E-state index in [0.717, 1.165) is 11.5 Å². The molecule has 0 aliphatic carbocycles. The van der Waals surface area contributed by atoms with Gasteiger partial charge in [0, 0.05) is 31.6 Å². The second kappa shape index (κ2) is 6.34. The molecule has 0 N–H and O–H groups in total. The number of aryl methyl sites for hydroxylation is 2.